The third-order valence-corrected chi connectivity index (χ3v) is 3.29. The van der Waals surface area contributed by atoms with Crippen molar-refractivity contribution in [3.63, 3.8) is 0 Å². The molecule has 3 aromatic rings. The molecule has 0 bridgehead atoms. The highest BCUT2D eigenvalue weighted by Crippen LogP contribution is 2.33. The normalized spacial score (nSPS) is 10.2. The Morgan fingerprint density at radius 3 is 2.42 bits per heavy atom. The molecule has 0 aliphatic rings. The second kappa shape index (κ2) is 7.28. The topological polar surface area (TPSA) is 61.6 Å². The molecule has 3 rings (SSSR count). The van der Waals surface area contributed by atoms with Crippen LogP contribution in [0.25, 0.3) is 0 Å². The molecule has 0 saturated carbocycles. The molecule has 0 N–H and O–H groups in total. The summed E-state index contributed by atoms with van der Waals surface area (Å²) in [5.74, 6) is 1.17. The number of nitro benzene ring substituents is 1. The third-order valence-electron chi connectivity index (χ3n) is 3.29. The number of hydrogen-bond donors (Lipinski definition) is 0. The van der Waals surface area contributed by atoms with Crippen LogP contribution < -0.4 is 9.47 Å². The average Bonchev–Trinajstić information content (AvgIpc) is 2.62. The summed E-state index contributed by atoms with van der Waals surface area (Å²) < 4.78 is 11.2. The third kappa shape index (κ3) is 3.89. The van der Waals surface area contributed by atoms with Gasteiger partial charge >= 0.3 is 5.69 Å². The molecule has 0 aliphatic carbocycles. The van der Waals surface area contributed by atoms with Crippen LogP contribution in [-0.2, 0) is 6.61 Å². The lowest BCUT2D eigenvalue weighted by Crippen LogP contribution is -1.99. The smallest absolute Gasteiger partial charge is 0.314 e. The highest BCUT2D eigenvalue weighted by molar-refractivity contribution is 5.51. The van der Waals surface area contributed by atoms with E-state index in [9.17, 15) is 10.1 Å². The van der Waals surface area contributed by atoms with E-state index in [0.717, 1.165) is 5.56 Å². The van der Waals surface area contributed by atoms with Gasteiger partial charge in [0.1, 0.15) is 18.1 Å². The first kappa shape index (κ1) is 15.6. The molecular formula is C19H14NO4. The van der Waals surface area contributed by atoms with E-state index in [2.05, 4.69) is 6.07 Å². The summed E-state index contributed by atoms with van der Waals surface area (Å²) in [4.78, 5) is 10.8. The quantitative estimate of drug-likeness (QED) is 0.485. The molecule has 0 amide bonds. The van der Waals surface area contributed by atoms with Crippen molar-refractivity contribution in [2.24, 2.45) is 0 Å². The van der Waals surface area contributed by atoms with Gasteiger partial charge in [0, 0.05) is 0 Å². The molecule has 1 radical (unpaired) electrons. The molecule has 3 aromatic carbocycles. The lowest BCUT2D eigenvalue weighted by atomic mass is 10.2. The Morgan fingerprint density at radius 2 is 1.71 bits per heavy atom. The molecule has 0 aliphatic heterocycles. The van der Waals surface area contributed by atoms with Crippen molar-refractivity contribution in [1.82, 2.24) is 0 Å². The number of rotatable bonds is 6. The predicted octanol–water partition coefficient (Wildman–Crippen LogP) is 4.77. The number of benzene rings is 3. The molecule has 24 heavy (non-hydrogen) atoms. The van der Waals surface area contributed by atoms with Gasteiger partial charge in [-0.1, -0.05) is 42.5 Å². The fourth-order valence-corrected chi connectivity index (χ4v) is 2.14. The van der Waals surface area contributed by atoms with Gasteiger partial charge in [-0.3, -0.25) is 10.1 Å². The van der Waals surface area contributed by atoms with Crippen molar-refractivity contribution in [2.75, 3.05) is 0 Å². The summed E-state index contributed by atoms with van der Waals surface area (Å²) in [7, 11) is 0. The number of ether oxygens (including phenoxy) is 2. The van der Waals surface area contributed by atoms with E-state index >= 15 is 0 Å². The van der Waals surface area contributed by atoms with Crippen LogP contribution in [-0.4, -0.2) is 4.92 Å². The lowest BCUT2D eigenvalue weighted by molar-refractivity contribution is -0.386. The van der Waals surface area contributed by atoms with Gasteiger partial charge in [0.25, 0.3) is 0 Å². The molecule has 0 fully saturated rings. The monoisotopic (exact) mass is 320 g/mol. The SMILES string of the molecule is O=[N+]([O-])c1cc(Oc2cc[c]cc2)ccc1OCc1ccccc1. The minimum atomic E-state index is -0.480. The Balaban J connectivity index is 1.78. The highest BCUT2D eigenvalue weighted by Gasteiger charge is 2.17. The van der Waals surface area contributed by atoms with E-state index in [0.29, 0.717) is 11.5 Å². The maximum absolute atomic E-state index is 11.3. The van der Waals surface area contributed by atoms with Gasteiger partial charge in [-0.15, -0.1) is 0 Å². The Labute approximate surface area is 139 Å². The Kier molecular flexibility index (Phi) is 4.72. The van der Waals surface area contributed by atoms with Gasteiger partial charge in [0.2, 0.25) is 0 Å². The summed E-state index contributed by atoms with van der Waals surface area (Å²) in [6.45, 7) is 0.260. The lowest BCUT2D eigenvalue weighted by Gasteiger charge is -2.09. The number of nitro groups is 1. The fraction of sp³-hybridized carbons (Fsp3) is 0.0526. The molecule has 0 unspecified atom stereocenters. The van der Waals surface area contributed by atoms with Gasteiger partial charge in [0.15, 0.2) is 5.75 Å². The minimum Gasteiger partial charge on any atom is -0.482 e. The van der Waals surface area contributed by atoms with E-state index in [-0.39, 0.29) is 18.0 Å². The number of nitrogens with zero attached hydrogens (tertiary/aromatic N) is 1. The van der Waals surface area contributed by atoms with E-state index in [1.54, 1.807) is 36.4 Å². The van der Waals surface area contributed by atoms with Crippen molar-refractivity contribution < 1.29 is 14.4 Å². The zero-order valence-corrected chi connectivity index (χ0v) is 12.7. The minimum absolute atomic E-state index is 0.133. The maximum Gasteiger partial charge on any atom is 0.314 e. The van der Waals surface area contributed by atoms with Crippen LogP contribution in [0.3, 0.4) is 0 Å². The second-order valence-corrected chi connectivity index (χ2v) is 5.00. The van der Waals surface area contributed by atoms with Crippen LogP contribution in [0.5, 0.6) is 17.2 Å². The van der Waals surface area contributed by atoms with E-state index in [4.69, 9.17) is 9.47 Å². The largest absolute Gasteiger partial charge is 0.482 e. The Hall–Kier alpha value is -3.34. The molecule has 5 heteroatoms. The Morgan fingerprint density at radius 1 is 0.958 bits per heavy atom. The van der Waals surface area contributed by atoms with Crippen molar-refractivity contribution in [1.29, 1.82) is 0 Å². The highest BCUT2D eigenvalue weighted by atomic mass is 16.6. The maximum atomic E-state index is 11.3. The average molecular weight is 320 g/mol. The summed E-state index contributed by atoms with van der Waals surface area (Å²) in [5.41, 5.74) is 0.804. The first-order valence-corrected chi connectivity index (χ1v) is 7.31. The van der Waals surface area contributed by atoms with Gasteiger partial charge in [-0.2, -0.15) is 0 Å². The molecule has 119 valence electrons. The zero-order chi connectivity index (χ0) is 16.8. The standard InChI is InChI=1S/C19H14NO4/c21-20(22)18-13-17(24-16-9-5-2-6-10-16)11-12-19(18)23-14-15-7-3-1-4-8-15/h1,3-13H,14H2. The van der Waals surface area contributed by atoms with Gasteiger partial charge in [-0.05, 0) is 35.9 Å². The second-order valence-electron chi connectivity index (χ2n) is 5.00. The van der Waals surface area contributed by atoms with Crippen LogP contribution in [0, 0.1) is 16.2 Å². The van der Waals surface area contributed by atoms with Crippen LogP contribution in [0.15, 0.2) is 72.8 Å². The van der Waals surface area contributed by atoms with Gasteiger partial charge in [0.05, 0.1) is 11.0 Å². The first-order valence-electron chi connectivity index (χ1n) is 7.31. The van der Waals surface area contributed by atoms with Crippen molar-refractivity contribution in [3.05, 3.63) is 94.5 Å². The van der Waals surface area contributed by atoms with Crippen molar-refractivity contribution in [3.8, 4) is 17.2 Å². The van der Waals surface area contributed by atoms with Crippen LogP contribution in [0.2, 0.25) is 0 Å². The zero-order valence-electron chi connectivity index (χ0n) is 12.7. The van der Waals surface area contributed by atoms with Crippen molar-refractivity contribution in [2.45, 2.75) is 6.61 Å². The summed E-state index contributed by atoms with van der Waals surface area (Å²) in [6, 6.07) is 23.8. The molecular weight excluding hydrogens is 306 g/mol. The van der Waals surface area contributed by atoms with E-state index in [1.807, 2.05) is 30.3 Å². The first-order chi connectivity index (χ1) is 11.7. The van der Waals surface area contributed by atoms with E-state index in [1.165, 1.54) is 6.07 Å². The summed E-state index contributed by atoms with van der Waals surface area (Å²) in [6.07, 6.45) is 0. The van der Waals surface area contributed by atoms with Gasteiger partial charge in [-0.25, -0.2) is 0 Å². The fourth-order valence-electron chi connectivity index (χ4n) is 2.14. The van der Waals surface area contributed by atoms with Crippen LogP contribution >= 0.6 is 0 Å². The molecule has 0 atom stereocenters. The van der Waals surface area contributed by atoms with Crippen molar-refractivity contribution >= 4 is 5.69 Å². The van der Waals surface area contributed by atoms with Crippen LogP contribution in [0.4, 0.5) is 5.69 Å². The predicted molar refractivity (Wildman–Crippen MR) is 89.2 cm³/mol. The van der Waals surface area contributed by atoms with Crippen LogP contribution in [0.1, 0.15) is 5.56 Å². The van der Waals surface area contributed by atoms with E-state index < -0.39 is 4.92 Å². The molecule has 0 heterocycles. The number of hydrogen-bond acceptors (Lipinski definition) is 4. The molecule has 0 saturated heterocycles. The Bertz CT molecular complexity index is 819. The molecule has 0 spiro atoms. The summed E-state index contributed by atoms with van der Waals surface area (Å²) >= 11 is 0. The molecule has 5 nitrogen and oxygen atoms in total. The molecule has 0 aromatic heterocycles. The van der Waals surface area contributed by atoms with Gasteiger partial charge < -0.3 is 9.47 Å². The summed E-state index contributed by atoms with van der Waals surface area (Å²) in [5, 5.41) is 11.3.